The van der Waals surface area contributed by atoms with Crippen LogP contribution in [0.5, 0.6) is 5.75 Å². The second-order valence-corrected chi connectivity index (χ2v) is 7.74. The molecule has 0 spiro atoms. The highest BCUT2D eigenvalue weighted by atomic mass is 16.5. The summed E-state index contributed by atoms with van der Waals surface area (Å²) in [4.78, 5) is 2.75. The largest absolute Gasteiger partial charge is 0.491 e. The molecule has 140 valence electrons. The Morgan fingerprint density at radius 3 is 2.40 bits per heavy atom. The maximum atomic E-state index is 10.2. The molecule has 1 heterocycles. The first kappa shape index (κ1) is 18.7. The van der Waals surface area contributed by atoms with Crippen LogP contribution in [0.2, 0.25) is 0 Å². The first-order valence-electron chi connectivity index (χ1n) is 10.1. The lowest BCUT2D eigenvalue weighted by molar-refractivity contribution is 0.0289. The Hall–Kier alpha value is -1.10. The molecule has 4 heteroatoms. The van der Waals surface area contributed by atoms with Crippen molar-refractivity contribution in [2.75, 3.05) is 32.8 Å². The van der Waals surface area contributed by atoms with E-state index in [1.165, 1.54) is 64.5 Å². The fourth-order valence-electron chi connectivity index (χ4n) is 4.42. The average molecular weight is 347 g/mol. The van der Waals surface area contributed by atoms with Gasteiger partial charge < -0.3 is 15.2 Å². The van der Waals surface area contributed by atoms with Crippen LogP contribution >= 0.6 is 0 Å². The molecule has 0 bridgehead atoms. The first-order chi connectivity index (χ1) is 12.3. The summed E-state index contributed by atoms with van der Waals surface area (Å²) in [7, 11) is 0. The number of para-hydroxylation sites is 1. The van der Waals surface area contributed by atoms with Crippen LogP contribution < -0.4 is 10.1 Å². The topological polar surface area (TPSA) is 44.7 Å². The van der Waals surface area contributed by atoms with Crippen LogP contribution in [0.4, 0.5) is 0 Å². The number of ether oxygens (including phenoxy) is 1. The number of benzene rings is 1. The van der Waals surface area contributed by atoms with Crippen molar-refractivity contribution in [3.8, 4) is 5.75 Å². The molecule has 1 saturated heterocycles. The summed E-state index contributed by atoms with van der Waals surface area (Å²) in [5.41, 5.74) is 0.318. The molecule has 1 atom stereocenters. The molecule has 1 aromatic rings. The minimum absolute atomic E-state index is 0.318. The zero-order valence-corrected chi connectivity index (χ0v) is 15.5. The van der Waals surface area contributed by atoms with Gasteiger partial charge in [0.25, 0.3) is 0 Å². The highest BCUT2D eigenvalue weighted by molar-refractivity contribution is 5.20. The van der Waals surface area contributed by atoms with E-state index in [2.05, 4.69) is 10.2 Å². The molecule has 2 N–H and O–H groups in total. The van der Waals surface area contributed by atoms with Gasteiger partial charge in [-0.2, -0.15) is 0 Å². The van der Waals surface area contributed by atoms with Crippen LogP contribution in [0.1, 0.15) is 51.4 Å². The Labute approximate surface area is 152 Å². The summed E-state index contributed by atoms with van der Waals surface area (Å²) in [6, 6.07) is 9.72. The summed E-state index contributed by atoms with van der Waals surface area (Å²) in [6.45, 7) is 4.44. The number of nitrogens with one attached hydrogen (secondary N) is 1. The number of rotatable bonds is 8. The molecule has 2 aliphatic rings. The standard InChI is InChI=1S/C21H34N2O2/c24-19(17-25-20-10-4-1-5-11-20)16-22-18-21(12-6-2-7-13-21)23-14-8-3-9-15-23/h1,4-5,10-11,19,22,24H,2-3,6-9,12-18H2/t19-/m0/s1. The number of nitrogens with zero attached hydrogens (tertiary/aromatic N) is 1. The molecular formula is C21H34N2O2. The fourth-order valence-corrected chi connectivity index (χ4v) is 4.42. The number of aliphatic hydroxyl groups excluding tert-OH is 1. The molecule has 0 amide bonds. The molecule has 2 fully saturated rings. The third-order valence-corrected chi connectivity index (χ3v) is 5.83. The maximum absolute atomic E-state index is 10.2. The van der Waals surface area contributed by atoms with Gasteiger partial charge in [0.15, 0.2) is 0 Å². The molecule has 3 rings (SSSR count). The molecule has 1 aliphatic heterocycles. The molecule has 1 aliphatic carbocycles. The number of hydrogen-bond donors (Lipinski definition) is 2. The van der Waals surface area contributed by atoms with E-state index in [0.29, 0.717) is 18.7 Å². The highest BCUT2D eigenvalue weighted by Gasteiger charge is 2.37. The van der Waals surface area contributed by atoms with E-state index >= 15 is 0 Å². The van der Waals surface area contributed by atoms with Gasteiger partial charge in [-0.25, -0.2) is 0 Å². The lowest BCUT2D eigenvalue weighted by atomic mass is 9.79. The van der Waals surface area contributed by atoms with Gasteiger partial charge in [-0.05, 0) is 50.9 Å². The number of likely N-dealkylation sites (tertiary alicyclic amines) is 1. The van der Waals surface area contributed by atoms with Gasteiger partial charge in [0.1, 0.15) is 18.5 Å². The van der Waals surface area contributed by atoms with Gasteiger partial charge in [-0.15, -0.1) is 0 Å². The van der Waals surface area contributed by atoms with Gasteiger partial charge in [0, 0.05) is 18.6 Å². The van der Waals surface area contributed by atoms with Crippen molar-refractivity contribution in [2.24, 2.45) is 0 Å². The zero-order valence-electron chi connectivity index (χ0n) is 15.5. The summed E-state index contributed by atoms with van der Waals surface area (Å²) in [6.07, 6.45) is 10.3. The third kappa shape index (κ3) is 5.44. The summed E-state index contributed by atoms with van der Waals surface area (Å²) in [5.74, 6) is 0.818. The van der Waals surface area contributed by atoms with Gasteiger partial charge in [-0.3, -0.25) is 4.90 Å². The van der Waals surface area contributed by atoms with E-state index in [4.69, 9.17) is 4.74 Å². The monoisotopic (exact) mass is 346 g/mol. The van der Waals surface area contributed by atoms with E-state index < -0.39 is 6.10 Å². The Kier molecular flexibility index (Phi) is 7.14. The number of piperidine rings is 1. The average Bonchev–Trinajstić information content (AvgIpc) is 2.69. The number of hydrogen-bond acceptors (Lipinski definition) is 4. The quantitative estimate of drug-likeness (QED) is 0.759. The number of aliphatic hydroxyl groups is 1. The molecule has 4 nitrogen and oxygen atoms in total. The fraction of sp³-hybridized carbons (Fsp3) is 0.714. The van der Waals surface area contributed by atoms with Gasteiger partial charge in [-0.1, -0.05) is 43.9 Å². The molecule has 0 radical (unpaired) electrons. The molecule has 25 heavy (non-hydrogen) atoms. The van der Waals surface area contributed by atoms with Crippen LogP contribution in [0.3, 0.4) is 0 Å². The van der Waals surface area contributed by atoms with E-state index in [0.717, 1.165) is 12.3 Å². The van der Waals surface area contributed by atoms with Crippen LogP contribution in [-0.2, 0) is 0 Å². The molecular weight excluding hydrogens is 312 g/mol. The van der Waals surface area contributed by atoms with Crippen molar-refractivity contribution in [3.05, 3.63) is 30.3 Å². The Morgan fingerprint density at radius 1 is 1.00 bits per heavy atom. The second-order valence-electron chi connectivity index (χ2n) is 7.74. The third-order valence-electron chi connectivity index (χ3n) is 5.83. The minimum atomic E-state index is -0.470. The van der Waals surface area contributed by atoms with Gasteiger partial charge in [0.05, 0.1) is 0 Å². The Bertz CT molecular complexity index is 482. The summed E-state index contributed by atoms with van der Waals surface area (Å²) < 4.78 is 5.65. The molecule has 1 aromatic carbocycles. The maximum Gasteiger partial charge on any atom is 0.119 e. The van der Waals surface area contributed by atoms with Crippen molar-refractivity contribution in [3.63, 3.8) is 0 Å². The minimum Gasteiger partial charge on any atom is -0.491 e. The van der Waals surface area contributed by atoms with Crippen LogP contribution in [0, 0.1) is 0 Å². The lowest BCUT2D eigenvalue weighted by Gasteiger charge is -2.48. The zero-order chi connectivity index (χ0) is 17.4. The van der Waals surface area contributed by atoms with Crippen LogP contribution in [-0.4, -0.2) is 54.4 Å². The molecule has 1 saturated carbocycles. The smallest absolute Gasteiger partial charge is 0.119 e. The molecule has 0 unspecified atom stereocenters. The van der Waals surface area contributed by atoms with Crippen molar-refractivity contribution >= 4 is 0 Å². The highest BCUT2D eigenvalue weighted by Crippen LogP contribution is 2.35. The molecule has 0 aromatic heterocycles. The van der Waals surface area contributed by atoms with E-state index in [-0.39, 0.29) is 0 Å². The van der Waals surface area contributed by atoms with Crippen molar-refractivity contribution in [1.82, 2.24) is 10.2 Å². The van der Waals surface area contributed by atoms with Gasteiger partial charge >= 0.3 is 0 Å². The summed E-state index contributed by atoms with van der Waals surface area (Å²) >= 11 is 0. The lowest BCUT2D eigenvalue weighted by Crippen LogP contribution is -2.58. The first-order valence-corrected chi connectivity index (χ1v) is 10.1. The Morgan fingerprint density at radius 2 is 1.68 bits per heavy atom. The van der Waals surface area contributed by atoms with E-state index in [1.54, 1.807) is 0 Å². The second kappa shape index (κ2) is 9.56. The van der Waals surface area contributed by atoms with Gasteiger partial charge in [0.2, 0.25) is 0 Å². The van der Waals surface area contributed by atoms with Crippen LogP contribution in [0.15, 0.2) is 30.3 Å². The Balaban J connectivity index is 1.44. The normalized spacial score (nSPS) is 22.4. The van der Waals surface area contributed by atoms with Crippen LogP contribution in [0.25, 0.3) is 0 Å². The predicted molar refractivity (Wildman–Crippen MR) is 102 cm³/mol. The van der Waals surface area contributed by atoms with E-state index in [1.807, 2.05) is 30.3 Å². The SMILES string of the molecule is O[C@@H](CNCC1(N2CCCCC2)CCCCC1)COc1ccccc1. The van der Waals surface area contributed by atoms with Crippen molar-refractivity contribution < 1.29 is 9.84 Å². The van der Waals surface area contributed by atoms with Crippen molar-refractivity contribution in [2.45, 2.75) is 63.0 Å². The van der Waals surface area contributed by atoms with Crippen molar-refractivity contribution in [1.29, 1.82) is 0 Å². The summed E-state index contributed by atoms with van der Waals surface area (Å²) in [5, 5.41) is 13.8. The predicted octanol–water partition coefficient (Wildman–Crippen LogP) is 3.20. The van der Waals surface area contributed by atoms with E-state index in [9.17, 15) is 5.11 Å².